The Morgan fingerprint density at radius 1 is 1.57 bits per heavy atom. The third-order valence-electron chi connectivity index (χ3n) is 4.83. The zero-order chi connectivity index (χ0) is 16.3. The Bertz CT molecular complexity index is 572. The lowest BCUT2D eigenvalue weighted by Gasteiger charge is -2.48. The average Bonchev–Trinajstić information content (AvgIpc) is 3.09. The summed E-state index contributed by atoms with van der Waals surface area (Å²) in [6.45, 7) is 1.72. The molecular weight excluding hydrogens is 312 g/mol. The van der Waals surface area contributed by atoms with Gasteiger partial charge in [-0.15, -0.1) is 11.3 Å². The van der Waals surface area contributed by atoms with Gasteiger partial charge in [0.05, 0.1) is 18.2 Å². The second kappa shape index (κ2) is 6.95. The van der Waals surface area contributed by atoms with Crippen molar-refractivity contribution >= 4 is 22.4 Å². The number of ether oxygens (including phenoxy) is 1. The van der Waals surface area contributed by atoms with E-state index >= 15 is 0 Å². The predicted octanol–water partition coefficient (Wildman–Crippen LogP) is 2.03. The lowest BCUT2D eigenvalue weighted by Crippen LogP contribution is -2.60. The Balaban J connectivity index is 1.71. The molecule has 7 heteroatoms. The number of hydrogen-bond donors (Lipinski definition) is 0. The number of thiazole rings is 1. The van der Waals surface area contributed by atoms with Crippen LogP contribution in [0.25, 0.3) is 0 Å². The number of likely N-dealkylation sites (N-methyl/N-ethyl adjacent to an activating group) is 1. The van der Waals surface area contributed by atoms with Crippen molar-refractivity contribution in [2.45, 2.75) is 43.7 Å². The van der Waals surface area contributed by atoms with E-state index in [0.29, 0.717) is 5.13 Å². The minimum atomic E-state index is -0.384. The SMILES string of the molecule is CN(C(=O)CN1CCC[C@@]2(CCCCO2)[C@H]1C#N)c1nccs1. The summed E-state index contributed by atoms with van der Waals surface area (Å²) in [4.78, 5) is 20.3. The molecule has 1 aromatic rings. The number of aromatic nitrogens is 1. The number of rotatable bonds is 3. The molecule has 124 valence electrons. The number of amides is 1. The van der Waals surface area contributed by atoms with Gasteiger partial charge >= 0.3 is 0 Å². The highest BCUT2D eigenvalue weighted by Crippen LogP contribution is 2.38. The Labute approximate surface area is 140 Å². The molecule has 0 radical (unpaired) electrons. The van der Waals surface area contributed by atoms with Crippen molar-refractivity contribution in [2.75, 3.05) is 31.6 Å². The minimum Gasteiger partial charge on any atom is -0.372 e. The number of hydrogen-bond acceptors (Lipinski definition) is 6. The number of nitriles is 1. The van der Waals surface area contributed by atoms with E-state index < -0.39 is 0 Å². The van der Waals surface area contributed by atoms with Crippen molar-refractivity contribution in [3.63, 3.8) is 0 Å². The summed E-state index contributed by atoms with van der Waals surface area (Å²) in [5, 5.41) is 12.2. The van der Waals surface area contributed by atoms with E-state index in [0.717, 1.165) is 45.3 Å². The van der Waals surface area contributed by atoms with Gasteiger partial charge in [0.1, 0.15) is 6.04 Å². The third kappa shape index (κ3) is 3.25. The summed E-state index contributed by atoms with van der Waals surface area (Å²) >= 11 is 1.44. The molecule has 6 nitrogen and oxygen atoms in total. The van der Waals surface area contributed by atoms with Crippen LogP contribution in [0.15, 0.2) is 11.6 Å². The maximum atomic E-state index is 12.5. The number of anilines is 1. The zero-order valence-corrected chi connectivity index (χ0v) is 14.2. The Hall–Kier alpha value is -1.49. The standard InChI is InChI=1S/C16H22N4O2S/c1-19(15-18-7-10-23-15)14(21)12-20-8-4-6-16(13(20)11-17)5-2-3-9-22-16/h7,10,13H,2-6,8-9,12H2,1H3/t13-,16+/m1/s1. The number of likely N-dealkylation sites (tertiary alicyclic amines) is 1. The zero-order valence-electron chi connectivity index (χ0n) is 13.4. The van der Waals surface area contributed by atoms with Crippen LogP contribution in [-0.2, 0) is 9.53 Å². The van der Waals surface area contributed by atoms with Crippen LogP contribution in [0, 0.1) is 11.3 Å². The van der Waals surface area contributed by atoms with Gasteiger partial charge in [-0.05, 0) is 32.1 Å². The first-order chi connectivity index (χ1) is 11.2. The Morgan fingerprint density at radius 2 is 2.39 bits per heavy atom. The fraction of sp³-hybridized carbons (Fsp3) is 0.688. The molecule has 0 N–H and O–H groups in total. The van der Waals surface area contributed by atoms with E-state index in [1.54, 1.807) is 18.1 Å². The van der Waals surface area contributed by atoms with Crippen molar-refractivity contribution in [2.24, 2.45) is 0 Å². The molecular formula is C16H22N4O2S. The lowest BCUT2D eigenvalue weighted by atomic mass is 9.79. The number of piperidine rings is 1. The first kappa shape index (κ1) is 16.4. The van der Waals surface area contributed by atoms with E-state index in [4.69, 9.17) is 4.74 Å². The Morgan fingerprint density at radius 3 is 3.04 bits per heavy atom. The van der Waals surface area contributed by atoms with Crippen LogP contribution in [0.2, 0.25) is 0 Å². The van der Waals surface area contributed by atoms with E-state index in [9.17, 15) is 10.1 Å². The summed E-state index contributed by atoms with van der Waals surface area (Å²) in [5.74, 6) is -0.0342. The monoisotopic (exact) mass is 334 g/mol. The van der Waals surface area contributed by atoms with Crippen LogP contribution in [-0.4, -0.2) is 54.2 Å². The normalized spacial score (nSPS) is 28.4. The molecule has 0 saturated carbocycles. The summed E-state index contributed by atoms with van der Waals surface area (Å²) in [6.07, 6.45) is 6.64. The second-order valence-corrected chi connectivity index (χ2v) is 7.12. The molecule has 0 unspecified atom stereocenters. The fourth-order valence-corrected chi connectivity index (χ4v) is 4.23. The van der Waals surface area contributed by atoms with E-state index in [-0.39, 0.29) is 24.1 Å². The van der Waals surface area contributed by atoms with Crippen LogP contribution >= 0.6 is 11.3 Å². The van der Waals surface area contributed by atoms with Crippen molar-refractivity contribution in [3.05, 3.63) is 11.6 Å². The lowest BCUT2D eigenvalue weighted by molar-refractivity contribution is -0.142. The number of nitrogens with zero attached hydrogens (tertiary/aromatic N) is 4. The highest BCUT2D eigenvalue weighted by molar-refractivity contribution is 7.13. The summed E-state index contributed by atoms with van der Waals surface area (Å²) in [5.41, 5.74) is -0.384. The molecule has 2 fully saturated rings. The summed E-state index contributed by atoms with van der Waals surface area (Å²) in [6, 6.07) is 2.07. The maximum Gasteiger partial charge on any atom is 0.242 e. The molecule has 23 heavy (non-hydrogen) atoms. The van der Waals surface area contributed by atoms with Gasteiger partial charge in [0.2, 0.25) is 5.91 Å². The van der Waals surface area contributed by atoms with Crippen molar-refractivity contribution in [1.82, 2.24) is 9.88 Å². The van der Waals surface area contributed by atoms with Gasteiger partial charge in [-0.2, -0.15) is 5.26 Å². The van der Waals surface area contributed by atoms with Gasteiger partial charge in [0.25, 0.3) is 0 Å². The Kier molecular flexibility index (Phi) is 4.95. The van der Waals surface area contributed by atoms with Gasteiger partial charge in [-0.1, -0.05) is 0 Å². The smallest absolute Gasteiger partial charge is 0.242 e. The fourth-order valence-electron chi connectivity index (χ4n) is 3.60. The molecule has 1 spiro atoms. The van der Waals surface area contributed by atoms with Crippen molar-refractivity contribution in [3.8, 4) is 6.07 Å². The summed E-state index contributed by atoms with van der Waals surface area (Å²) < 4.78 is 6.06. The molecule has 0 aromatic carbocycles. The molecule has 2 aliphatic rings. The van der Waals surface area contributed by atoms with E-state index in [1.165, 1.54) is 11.3 Å². The highest BCUT2D eigenvalue weighted by Gasteiger charge is 2.47. The first-order valence-corrected chi connectivity index (χ1v) is 8.98. The molecule has 3 heterocycles. The molecule has 2 saturated heterocycles. The van der Waals surface area contributed by atoms with Crippen molar-refractivity contribution in [1.29, 1.82) is 5.26 Å². The number of carbonyl (C=O) groups is 1. The van der Waals surface area contributed by atoms with E-state index in [1.807, 2.05) is 10.3 Å². The number of carbonyl (C=O) groups excluding carboxylic acids is 1. The quantitative estimate of drug-likeness (QED) is 0.846. The van der Waals surface area contributed by atoms with Crippen LogP contribution < -0.4 is 4.90 Å². The topological polar surface area (TPSA) is 69.5 Å². The average molecular weight is 334 g/mol. The largest absolute Gasteiger partial charge is 0.372 e. The van der Waals surface area contributed by atoms with Gasteiger partial charge in [-0.25, -0.2) is 4.98 Å². The maximum absolute atomic E-state index is 12.5. The first-order valence-electron chi connectivity index (χ1n) is 8.10. The summed E-state index contributed by atoms with van der Waals surface area (Å²) in [7, 11) is 1.74. The van der Waals surface area contributed by atoms with Gasteiger partial charge in [-0.3, -0.25) is 14.6 Å². The third-order valence-corrected chi connectivity index (χ3v) is 5.68. The van der Waals surface area contributed by atoms with Crippen LogP contribution in [0.1, 0.15) is 32.1 Å². The van der Waals surface area contributed by atoms with E-state index in [2.05, 4.69) is 11.1 Å². The van der Waals surface area contributed by atoms with Gasteiger partial charge in [0.15, 0.2) is 5.13 Å². The molecule has 1 amide bonds. The molecule has 3 rings (SSSR count). The van der Waals surface area contributed by atoms with Crippen molar-refractivity contribution < 1.29 is 9.53 Å². The van der Waals surface area contributed by atoms with Crippen LogP contribution in [0.3, 0.4) is 0 Å². The second-order valence-electron chi connectivity index (χ2n) is 6.24. The molecule has 1 aromatic heterocycles. The van der Waals surface area contributed by atoms with Gasteiger partial charge in [0, 0.05) is 31.8 Å². The molecule has 0 aliphatic carbocycles. The molecule has 2 atom stereocenters. The van der Waals surface area contributed by atoms with Crippen LogP contribution in [0.5, 0.6) is 0 Å². The molecule has 0 bridgehead atoms. The van der Waals surface area contributed by atoms with Gasteiger partial charge < -0.3 is 4.74 Å². The minimum absolute atomic E-state index is 0.0342. The predicted molar refractivity (Wildman–Crippen MR) is 88.3 cm³/mol. The highest BCUT2D eigenvalue weighted by atomic mass is 32.1. The molecule has 2 aliphatic heterocycles. The van der Waals surface area contributed by atoms with Crippen LogP contribution in [0.4, 0.5) is 5.13 Å².